The Bertz CT molecular complexity index is 402. The van der Waals surface area contributed by atoms with E-state index in [1.165, 1.54) is 0 Å². The third kappa shape index (κ3) is 5.17. The number of amides is 1. The average Bonchev–Trinajstić information content (AvgIpc) is 2.36. The van der Waals surface area contributed by atoms with Crippen LogP contribution in [-0.2, 0) is 14.4 Å². The highest BCUT2D eigenvalue weighted by molar-refractivity contribution is 5.76. The van der Waals surface area contributed by atoms with Crippen LogP contribution in [0.4, 0.5) is 0 Å². The molecule has 0 bridgehead atoms. The molecular formula is C11H13NO6. The van der Waals surface area contributed by atoms with Gasteiger partial charge in [-0.05, 0) is 24.3 Å². The summed E-state index contributed by atoms with van der Waals surface area (Å²) in [6.45, 7) is -0.875. The zero-order chi connectivity index (χ0) is 13.4. The van der Waals surface area contributed by atoms with E-state index in [9.17, 15) is 9.59 Å². The Kier molecular flexibility index (Phi) is 5.46. The molecule has 98 valence electrons. The summed E-state index contributed by atoms with van der Waals surface area (Å²) in [5.74, 6) is -0.584. The lowest BCUT2D eigenvalue weighted by molar-refractivity contribution is -0.149. The van der Waals surface area contributed by atoms with Gasteiger partial charge in [0, 0.05) is 0 Å². The normalized spacial score (nSPS) is 9.61. The first-order valence-corrected chi connectivity index (χ1v) is 5.01. The number of methoxy groups -OCH3 is 1. The molecule has 0 aliphatic carbocycles. The number of nitrogens with one attached hydrogen (secondary N) is 1. The number of hydroxylamine groups is 1. The van der Waals surface area contributed by atoms with Crippen LogP contribution in [0.3, 0.4) is 0 Å². The number of rotatable bonds is 7. The Balaban J connectivity index is 2.26. The SMILES string of the molecule is COc1ccc(OCC(=O)NOCC(=O)O)cc1. The van der Waals surface area contributed by atoms with Gasteiger partial charge >= 0.3 is 5.97 Å². The fraction of sp³-hybridized carbons (Fsp3) is 0.273. The molecule has 0 heterocycles. The minimum absolute atomic E-state index is 0.272. The molecule has 2 N–H and O–H groups in total. The number of carbonyl (C=O) groups excluding carboxylic acids is 1. The Morgan fingerprint density at radius 1 is 1.17 bits per heavy atom. The summed E-state index contributed by atoms with van der Waals surface area (Å²) >= 11 is 0. The fourth-order valence-electron chi connectivity index (χ4n) is 1.03. The van der Waals surface area contributed by atoms with Crippen LogP contribution < -0.4 is 15.0 Å². The Morgan fingerprint density at radius 2 is 1.78 bits per heavy atom. The average molecular weight is 255 g/mol. The van der Waals surface area contributed by atoms with Gasteiger partial charge in [-0.1, -0.05) is 0 Å². The first kappa shape index (κ1) is 13.8. The molecule has 0 aliphatic heterocycles. The summed E-state index contributed by atoms with van der Waals surface area (Å²) in [7, 11) is 1.54. The second-order valence-electron chi connectivity index (χ2n) is 3.17. The van der Waals surface area contributed by atoms with Gasteiger partial charge in [0.1, 0.15) is 11.5 Å². The van der Waals surface area contributed by atoms with E-state index in [1.807, 2.05) is 5.48 Å². The number of carbonyl (C=O) groups is 2. The highest BCUT2D eigenvalue weighted by Gasteiger charge is 2.04. The number of carboxylic acids is 1. The van der Waals surface area contributed by atoms with Crippen LogP contribution in [0.1, 0.15) is 0 Å². The van der Waals surface area contributed by atoms with Gasteiger partial charge in [0.05, 0.1) is 7.11 Å². The van der Waals surface area contributed by atoms with Crippen LogP contribution >= 0.6 is 0 Å². The number of benzene rings is 1. The van der Waals surface area contributed by atoms with Crippen molar-refractivity contribution in [1.82, 2.24) is 5.48 Å². The second kappa shape index (κ2) is 7.13. The number of hydrogen-bond acceptors (Lipinski definition) is 5. The summed E-state index contributed by atoms with van der Waals surface area (Å²) < 4.78 is 10.1. The molecular weight excluding hydrogens is 242 g/mol. The summed E-state index contributed by atoms with van der Waals surface area (Å²) in [5.41, 5.74) is 1.94. The van der Waals surface area contributed by atoms with E-state index >= 15 is 0 Å². The first-order chi connectivity index (χ1) is 8.61. The van der Waals surface area contributed by atoms with Crippen LogP contribution in [0.2, 0.25) is 0 Å². The Hall–Kier alpha value is -2.28. The van der Waals surface area contributed by atoms with Gasteiger partial charge in [0.2, 0.25) is 0 Å². The molecule has 1 aromatic carbocycles. The smallest absolute Gasteiger partial charge is 0.332 e. The zero-order valence-electron chi connectivity index (χ0n) is 9.71. The minimum Gasteiger partial charge on any atom is -0.497 e. The molecule has 1 aromatic rings. The standard InChI is InChI=1S/C11H13NO6/c1-16-8-2-4-9(5-3-8)17-6-10(13)12-18-7-11(14)15/h2-5H,6-7H2,1H3,(H,12,13)(H,14,15). The van der Waals surface area contributed by atoms with E-state index in [0.29, 0.717) is 11.5 Å². The fourth-order valence-corrected chi connectivity index (χ4v) is 1.03. The van der Waals surface area contributed by atoms with E-state index in [1.54, 1.807) is 31.4 Å². The third-order valence-corrected chi connectivity index (χ3v) is 1.81. The van der Waals surface area contributed by atoms with Crippen LogP contribution in [0, 0.1) is 0 Å². The van der Waals surface area contributed by atoms with Crippen molar-refractivity contribution in [2.75, 3.05) is 20.3 Å². The maximum Gasteiger partial charge on any atom is 0.332 e. The summed E-state index contributed by atoms with van der Waals surface area (Å²) in [5, 5.41) is 8.26. The van der Waals surface area contributed by atoms with E-state index in [-0.39, 0.29) is 6.61 Å². The van der Waals surface area contributed by atoms with Crippen molar-refractivity contribution < 1.29 is 29.0 Å². The first-order valence-electron chi connectivity index (χ1n) is 5.01. The number of ether oxygens (including phenoxy) is 2. The van der Waals surface area contributed by atoms with Gasteiger partial charge in [-0.3, -0.25) is 9.63 Å². The topological polar surface area (TPSA) is 94.1 Å². The highest BCUT2D eigenvalue weighted by Crippen LogP contribution is 2.16. The lowest BCUT2D eigenvalue weighted by Crippen LogP contribution is -2.30. The van der Waals surface area contributed by atoms with Gasteiger partial charge in [-0.2, -0.15) is 0 Å². The van der Waals surface area contributed by atoms with Crippen LogP contribution in [-0.4, -0.2) is 37.3 Å². The molecule has 18 heavy (non-hydrogen) atoms. The highest BCUT2D eigenvalue weighted by atomic mass is 16.7. The zero-order valence-corrected chi connectivity index (χ0v) is 9.71. The predicted molar refractivity (Wildman–Crippen MR) is 60.2 cm³/mol. The summed E-state index contributed by atoms with van der Waals surface area (Å²) in [6.07, 6.45) is 0. The van der Waals surface area contributed by atoms with Crippen molar-refractivity contribution >= 4 is 11.9 Å². The van der Waals surface area contributed by atoms with E-state index in [0.717, 1.165) is 0 Å². The van der Waals surface area contributed by atoms with Crippen molar-refractivity contribution in [2.24, 2.45) is 0 Å². The summed E-state index contributed by atoms with van der Waals surface area (Å²) in [4.78, 5) is 25.6. The van der Waals surface area contributed by atoms with Crippen LogP contribution in [0.25, 0.3) is 0 Å². The number of hydrogen-bond donors (Lipinski definition) is 2. The third-order valence-electron chi connectivity index (χ3n) is 1.81. The molecule has 0 aromatic heterocycles. The molecule has 1 amide bonds. The number of aliphatic carboxylic acids is 1. The van der Waals surface area contributed by atoms with Crippen molar-refractivity contribution in [2.45, 2.75) is 0 Å². The molecule has 0 saturated heterocycles. The molecule has 0 spiro atoms. The van der Waals surface area contributed by atoms with E-state index in [2.05, 4.69) is 4.84 Å². The second-order valence-corrected chi connectivity index (χ2v) is 3.17. The molecule has 0 atom stereocenters. The van der Waals surface area contributed by atoms with Gasteiger partial charge in [0.25, 0.3) is 5.91 Å². The molecule has 0 unspecified atom stereocenters. The maximum atomic E-state index is 11.1. The van der Waals surface area contributed by atoms with E-state index in [4.69, 9.17) is 14.6 Å². The van der Waals surface area contributed by atoms with Crippen molar-refractivity contribution in [1.29, 1.82) is 0 Å². The summed E-state index contributed by atoms with van der Waals surface area (Å²) in [6, 6.07) is 6.66. The van der Waals surface area contributed by atoms with Gasteiger partial charge in [-0.15, -0.1) is 0 Å². The van der Waals surface area contributed by atoms with Crippen molar-refractivity contribution in [3.8, 4) is 11.5 Å². The molecule has 0 radical (unpaired) electrons. The van der Waals surface area contributed by atoms with E-state index < -0.39 is 18.5 Å². The van der Waals surface area contributed by atoms with Crippen LogP contribution in [0.5, 0.6) is 11.5 Å². The lowest BCUT2D eigenvalue weighted by atomic mass is 10.3. The number of carboxylic acid groups (broad SMARTS) is 1. The van der Waals surface area contributed by atoms with Gasteiger partial charge < -0.3 is 14.6 Å². The Labute approximate surface area is 103 Å². The van der Waals surface area contributed by atoms with Gasteiger partial charge in [-0.25, -0.2) is 10.3 Å². The van der Waals surface area contributed by atoms with Crippen LogP contribution in [0.15, 0.2) is 24.3 Å². The van der Waals surface area contributed by atoms with Gasteiger partial charge in [0.15, 0.2) is 13.2 Å². The maximum absolute atomic E-state index is 11.1. The largest absolute Gasteiger partial charge is 0.497 e. The molecule has 1 rings (SSSR count). The minimum atomic E-state index is -1.17. The molecule has 7 heteroatoms. The monoisotopic (exact) mass is 255 g/mol. The van der Waals surface area contributed by atoms with Crippen molar-refractivity contribution in [3.05, 3.63) is 24.3 Å². The molecule has 0 fully saturated rings. The molecule has 7 nitrogen and oxygen atoms in total. The quantitative estimate of drug-likeness (QED) is 0.676. The predicted octanol–water partition coefficient (Wildman–Crippen LogP) is 0.206. The lowest BCUT2D eigenvalue weighted by Gasteiger charge is -2.07. The van der Waals surface area contributed by atoms with Crippen molar-refractivity contribution in [3.63, 3.8) is 0 Å². The molecule has 0 aliphatic rings. The molecule has 0 saturated carbocycles. The Morgan fingerprint density at radius 3 is 2.33 bits per heavy atom.